The second kappa shape index (κ2) is 11.2. The van der Waals surface area contributed by atoms with Crippen LogP contribution in [-0.4, -0.2) is 48.7 Å². The number of carbonyl (C=O) groups is 1. The zero-order chi connectivity index (χ0) is 25.5. The van der Waals surface area contributed by atoms with Gasteiger partial charge in [0.2, 0.25) is 0 Å². The summed E-state index contributed by atoms with van der Waals surface area (Å²) in [7, 11) is 2.92. The molecule has 0 bridgehead atoms. The molecule has 8 heteroatoms. The van der Waals surface area contributed by atoms with Gasteiger partial charge in [0.05, 0.1) is 19.8 Å². The third-order valence-electron chi connectivity index (χ3n) is 5.24. The smallest absolute Gasteiger partial charge is 0.302 e. The molecule has 0 radical (unpaired) electrons. The number of hydrogen-bond acceptors (Lipinski definition) is 8. The lowest BCUT2D eigenvalue weighted by Crippen LogP contribution is -2.03. The number of aromatic hydroxyl groups is 3. The monoisotopic (exact) mass is 480 g/mol. The van der Waals surface area contributed by atoms with Crippen LogP contribution in [0.1, 0.15) is 13.8 Å². The summed E-state index contributed by atoms with van der Waals surface area (Å²) in [6.45, 7) is 3.49. The number of benzene rings is 3. The summed E-state index contributed by atoms with van der Waals surface area (Å²) in [5.74, 6) is 0.301. The number of hydrogen-bond donors (Lipinski definition) is 3. The molecule has 8 nitrogen and oxygen atoms in total. The highest BCUT2D eigenvalue weighted by Crippen LogP contribution is 2.50. The van der Waals surface area contributed by atoms with Crippen molar-refractivity contribution in [2.75, 3.05) is 27.4 Å². The number of esters is 1. The fourth-order valence-electron chi connectivity index (χ4n) is 3.47. The Labute approximate surface area is 203 Å². The molecule has 3 N–H and O–H groups in total. The summed E-state index contributed by atoms with van der Waals surface area (Å²) in [4.78, 5) is 10.9. The van der Waals surface area contributed by atoms with Gasteiger partial charge in [0.1, 0.15) is 24.7 Å². The van der Waals surface area contributed by atoms with Gasteiger partial charge in [-0.1, -0.05) is 18.2 Å². The molecule has 0 heterocycles. The highest BCUT2D eigenvalue weighted by Gasteiger charge is 2.22. The Hall–Kier alpha value is -4.33. The van der Waals surface area contributed by atoms with Crippen molar-refractivity contribution in [2.24, 2.45) is 0 Å². The van der Waals surface area contributed by atoms with E-state index in [0.29, 0.717) is 28.0 Å². The molecule has 0 saturated carbocycles. The van der Waals surface area contributed by atoms with E-state index in [1.54, 1.807) is 43.3 Å². The fraction of sp³-hybridized carbons (Fsp3) is 0.222. The van der Waals surface area contributed by atoms with Crippen LogP contribution in [0.25, 0.3) is 22.3 Å². The third-order valence-corrected chi connectivity index (χ3v) is 5.24. The second-order valence-electron chi connectivity index (χ2n) is 7.75. The number of phenolic OH excluding ortho intramolecular Hbond substituents is 3. The first kappa shape index (κ1) is 25.3. The van der Waals surface area contributed by atoms with Gasteiger partial charge in [-0.15, -0.1) is 0 Å². The number of carbonyl (C=O) groups excluding carboxylic acids is 1. The second-order valence-corrected chi connectivity index (χ2v) is 7.75. The average Bonchev–Trinajstić information content (AvgIpc) is 2.83. The molecule has 0 unspecified atom stereocenters. The number of phenols is 3. The van der Waals surface area contributed by atoms with Crippen LogP contribution in [0.4, 0.5) is 0 Å². The summed E-state index contributed by atoms with van der Waals surface area (Å²) in [5.41, 5.74) is 2.92. The van der Waals surface area contributed by atoms with Crippen molar-refractivity contribution in [3.8, 4) is 56.8 Å². The first-order chi connectivity index (χ1) is 16.7. The minimum absolute atomic E-state index is 0.119. The van der Waals surface area contributed by atoms with E-state index < -0.39 is 0 Å². The van der Waals surface area contributed by atoms with Crippen LogP contribution in [0.2, 0.25) is 0 Å². The van der Waals surface area contributed by atoms with Crippen molar-refractivity contribution in [2.45, 2.75) is 13.8 Å². The van der Waals surface area contributed by atoms with Crippen LogP contribution in [0.15, 0.2) is 60.2 Å². The Morgan fingerprint density at radius 2 is 1.57 bits per heavy atom. The third kappa shape index (κ3) is 5.97. The van der Waals surface area contributed by atoms with E-state index in [4.69, 9.17) is 18.9 Å². The maximum atomic E-state index is 11.1. The zero-order valence-corrected chi connectivity index (χ0v) is 20.0. The molecular weight excluding hydrogens is 452 g/mol. The van der Waals surface area contributed by atoms with E-state index in [2.05, 4.69) is 0 Å². The first-order valence-corrected chi connectivity index (χ1v) is 10.8. The van der Waals surface area contributed by atoms with Crippen LogP contribution in [0.3, 0.4) is 0 Å². The van der Waals surface area contributed by atoms with Crippen LogP contribution >= 0.6 is 0 Å². The van der Waals surface area contributed by atoms with Crippen molar-refractivity contribution >= 4 is 5.97 Å². The lowest BCUT2D eigenvalue weighted by molar-refractivity contribution is -0.139. The van der Waals surface area contributed by atoms with Crippen LogP contribution in [-0.2, 0) is 9.53 Å². The summed E-state index contributed by atoms with van der Waals surface area (Å²) < 4.78 is 21.6. The van der Waals surface area contributed by atoms with E-state index >= 15 is 0 Å². The SMILES string of the molecule is COc1cc(-c2ccc(O)cc2)c(OC)c(O)c1-c1ccc(OC/C=C(\C)COC(C)=O)c(O)c1. The van der Waals surface area contributed by atoms with E-state index in [1.807, 2.05) is 0 Å². The van der Waals surface area contributed by atoms with Crippen molar-refractivity contribution in [3.05, 3.63) is 60.2 Å². The summed E-state index contributed by atoms with van der Waals surface area (Å²) in [6.07, 6.45) is 1.75. The minimum atomic E-state index is -0.363. The maximum Gasteiger partial charge on any atom is 0.302 e. The molecule has 3 aromatic carbocycles. The zero-order valence-electron chi connectivity index (χ0n) is 20.0. The molecular formula is C27H28O8. The predicted molar refractivity (Wildman–Crippen MR) is 131 cm³/mol. The van der Waals surface area contributed by atoms with Gasteiger partial charge in [-0.3, -0.25) is 4.79 Å². The lowest BCUT2D eigenvalue weighted by atomic mass is 9.96. The Morgan fingerprint density at radius 1 is 0.886 bits per heavy atom. The van der Waals surface area contributed by atoms with Crippen molar-refractivity contribution in [1.29, 1.82) is 0 Å². The summed E-state index contributed by atoms with van der Waals surface area (Å²) in [6, 6.07) is 12.9. The Morgan fingerprint density at radius 3 is 2.17 bits per heavy atom. The van der Waals surface area contributed by atoms with Crippen molar-refractivity contribution in [1.82, 2.24) is 0 Å². The molecule has 3 rings (SSSR count). The summed E-state index contributed by atoms with van der Waals surface area (Å²) >= 11 is 0. The largest absolute Gasteiger partial charge is 0.508 e. The molecule has 0 fully saturated rings. The maximum absolute atomic E-state index is 11.1. The summed E-state index contributed by atoms with van der Waals surface area (Å²) in [5, 5.41) is 31.2. The Bertz CT molecular complexity index is 1230. The van der Waals surface area contributed by atoms with Gasteiger partial charge < -0.3 is 34.3 Å². The highest BCUT2D eigenvalue weighted by atomic mass is 16.5. The van der Waals surface area contributed by atoms with Gasteiger partial charge in [-0.05, 0) is 60.0 Å². The molecule has 0 atom stereocenters. The normalized spacial score (nSPS) is 11.1. The van der Waals surface area contributed by atoms with Gasteiger partial charge >= 0.3 is 5.97 Å². The Kier molecular flexibility index (Phi) is 8.09. The van der Waals surface area contributed by atoms with Gasteiger partial charge in [-0.2, -0.15) is 0 Å². The predicted octanol–water partition coefficient (Wildman–Crippen LogP) is 5.04. The number of ether oxygens (including phenoxy) is 4. The Balaban J connectivity index is 1.92. The molecule has 0 saturated heterocycles. The van der Waals surface area contributed by atoms with E-state index in [0.717, 1.165) is 5.57 Å². The molecule has 0 aliphatic rings. The van der Waals surface area contributed by atoms with Crippen molar-refractivity contribution < 1.29 is 39.1 Å². The highest BCUT2D eigenvalue weighted by molar-refractivity contribution is 5.88. The van der Waals surface area contributed by atoms with Gasteiger partial charge in [0.25, 0.3) is 0 Å². The molecule has 0 aliphatic carbocycles. The molecule has 3 aromatic rings. The van der Waals surface area contributed by atoms with Crippen molar-refractivity contribution in [3.63, 3.8) is 0 Å². The molecule has 0 aromatic heterocycles. The molecule has 35 heavy (non-hydrogen) atoms. The first-order valence-electron chi connectivity index (χ1n) is 10.8. The number of methoxy groups -OCH3 is 2. The van der Waals surface area contributed by atoms with E-state index in [-0.39, 0.29) is 47.9 Å². The fourth-order valence-corrected chi connectivity index (χ4v) is 3.47. The van der Waals surface area contributed by atoms with Gasteiger partial charge in [-0.25, -0.2) is 0 Å². The lowest BCUT2D eigenvalue weighted by Gasteiger charge is -2.18. The topological polar surface area (TPSA) is 115 Å². The molecule has 0 amide bonds. The van der Waals surface area contributed by atoms with Gasteiger partial charge in [0.15, 0.2) is 23.0 Å². The van der Waals surface area contributed by atoms with E-state index in [1.165, 1.54) is 39.3 Å². The van der Waals surface area contributed by atoms with Crippen LogP contribution < -0.4 is 14.2 Å². The van der Waals surface area contributed by atoms with Gasteiger partial charge in [0, 0.05) is 12.5 Å². The van der Waals surface area contributed by atoms with Crippen LogP contribution in [0, 0.1) is 0 Å². The van der Waals surface area contributed by atoms with E-state index in [9.17, 15) is 20.1 Å². The standard InChI is InChI=1S/C27H28O8/c1-16(15-35-17(2)28)11-12-34-23-10-7-19(13-22(23)30)25-24(32-3)14-21(27(33-4)26(25)31)18-5-8-20(29)9-6-18/h5-11,13-14,29-31H,12,15H2,1-4H3/b16-11+. The molecule has 0 aliphatic heterocycles. The average molecular weight is 481 g/mol. The molecule has 184 valence electrons. The quantitative estimate of drug-likeness (QED) is 0.288. The number of rotatable bonds is 9. The minimum Gasteiger partial charge on any atom is -0.508 e. The molecule has 0 spiro atoms. The van der Waals surface area contributed by atoms with Crippen LogP contribution in [0.5, 0.6) is 34.5 Å².